The molecule has 0 radical (unpaired) electrons. The van der Waals surface area contributed by atoms with Crippen molar-refractivity contribution in [3.63, 3.8) is 0 Å². The highest BCUT2D eigenvalue weighted by atomic mass is 35.5. The average molecular weight is 598 g/mol. The predicted octanol–water partition coefficient (Wildman–Crippen LogP) is 11.1. The summed E-state index contributed by atoms with van der Waals surface area (Å²) in [5.41, 5.74) is 8.97. The van der Waals surface area contributed by atoms with E-state index in [1.165, 1.54) is 0 Å². The minimum atomic E-state index is -2.33. The predicted molar refractivity (Wildman–Crippen MR) is 174 cm³/mol. The van der Waals surface area contributed by atoms with E-state index < -0.39 is 8.07 Å². The van der Waals surface area contributed by atoms with E-state index in [0.29, 0.717) is 20.1 Å². The average Bonchev–Trinajstić information content (AvgIpc) is 2.91. The van der Waals surface area contributed by atoms with Crippen LogP contribution in [0.1, 0.15) is 11.1 Å². The molecule has 39 heavy (non-hydrogen) atoms. The molecule has 0 atom stereocenters. The maximum atomic E-state index is 6.58. The quantitative estimate of drug-likeness (QED) is 0.0927. The Kier molecular flexibility index (Phi) is 6.77. The maximum Gasteiger partial charge on any atom is 0.211 e. The fourth-order valence-electron chi connectivity index (χ4n) is 4.92. The lowest BCUT2D eigenvalue weighted by Crippen LogP contribution is -2.21. The van der Waals surface area contributed by atoms with Gasteiger partial charge in [-0.3, -0.25) is 0 Å². The Bertz CT molecular complexity index is 1830. The Balaban J connectivity index is 1.55. The molecule has 6 aromatic carbocycles. The Morgan fingerprint density at radius 2 is 0.718 bits per heavy atom. The zero-order valence-electron chi connectivity index (χ0n) is 21.1. The van der Waals surface area contributed by atoms with Crippen LogP contribution in [0.3, 0.4) is 0 Å². The van der Waals surface area contributed by atoms with Gasteiger partial charge in [-0.2, -0.15) is 0 Å². The van der Waals surface area contributed by atoms with Crippen molar-refractivity contribution in [2.45, 2.75) is 13.1 Å². The van der Waals surface area contributed by atoms with Crippen LogP contribution in [0.15, 0.2) is 84.9 Å². The van der Waals surface area contributed by atoms with Gasteiger partial charge in [-0.15, -0.1) is 11.1 Å². The second-order valence-electron chi connectivity index (χ2n) is 9.97. The third kappa shape index (κ3) is 4.77. The van der Waals surface area contributed by atoms with E-state index in [-0.39, 0.29) is 0 Å². The standard InChI is InChI=1S/C34H20Cl4Si/c1-39(2,17-15-25-21-7-3-11-31(35)27(21)19-28-22(25)8-4-12-32(28)36)18-16-26-23-9-5-13-33(37)29(23)20-30-24(26)10-6-14-34(30)38/h3-14,19-20H,1-2H3. The van der Waals surface area contributed by atoms with Crippen molar-refractivity contribution in [1.29, 1.82) is 0 Å². The normalized spacial score (nSPS) is 11.4. The second kappa shape index (κ2) is 10.1. The number of hydrogen-bond donors (Lipinski definition) is 0. The highest BCUT2D eigenvalue weighted by molar-refractivity contribution is 6.92. The molecule has 0 saturated heterocycles. The van der Waals surface area contributed by atoms with Gasteiger partial charge >= 0.3 is 0 Å². The van der Waals surface area contributed by atoms with Gasteiger partial charge in [0.05, 0.1) is 0 Å². The highest BCUT2D eigenvalue weighted by Gasteiger charge is 2.17. The number of benzene rings is 6. The third-order valence-corrected chi connectivity index (χ3v) is 9.68. The molecule has 0 fully saturated rings. The van der Waals surface area contributed by atoms with Gasteiger partial charge in [-0.25, -0.2) is 0 Å². The van der Waals surface area contributed by atoms with E-state index in [1.54, 1.807) is 0 Å². The van der Waals surface area contributed by atoms with Crippen LogP contribution in [0.4, 0.5) is 0 Å². The lowest BCUT2D eigenvalue weighted by atomic mass is 9.97. The summed E-state index contributed by atoms with van der Waals surface area (Å²) in [5.74, 6) is 7.01. The van der Waals surface area contributed by atoms with Gasteiger partial charge in [0.25, 0.3) is 0 Å². The molecule has 6 rings (SSSR count). The molecule has 0 unspecified atom stereocenters. The monoisotopic (exact) mass is 596 g/mol. The molecule has 0 aromatic heterocycles. The molecule has 0 aliphatic heterocycles. The molecule has 5 heteroatoms. The molecule has 0 saturated carbocycles. The smallest absolute Gasteiger partial charge is 0.111 e. The van der Waals surface area contributed by atoms with Gasteiger partial charge in [-0.05, 0) is 71.0 Å². The largest absolute Gasteiger partial charge is 0.211 e. The number of rotatable bonds is 0. The van der Waals surface area contributed by atoms with Gasteiger partial charge in [-0.1, -0.05) is 107 Å². The van der Waals surface area contributed by atoms with Gasteiger partial charge in [0.15, 0.2) is 0 Å². The third-order valence-electron chi connectivity index (χ3n) is 6.87. The summed E-state index contributed by atoms with van der Waals surface area (Å²) >= 11 is 26.3. The van der Waals surface area contributed by atoms with Crippen molar-refractivity contribution < 1.29 is 0 Å². The summed E-state index contributed by atoms with van der Waals surface area (Å²) in [6, 6.07) is 27.7. The summed E-state index contributed by atoms with van der Waals surface area (Å²) in [4.78, 5) is 0. The van der Waals surface area contributed by atoms with Crippen LogP contribution in [0.25, 0.3) is 43.1 Å². The van der Waals surface area contributed by atoms with Crippen LogP contribution >= 0.6 is 46.4 Å². The first-order chi connectivity index (χ1) is 18.7. The first kappa shape index (κ1) is 26.1. The minimum Gasteiger partial charge on any atom is -0.111 e. The molecular weight excluding hydrogens is 578 g/mol. The Morgan fingerprint density at radius 3 is 1.00 bits per heavy atom. The van der Waals surface area contributed by atoms with Crippen LogP contribution < -0.4 is 0 Å². The molecule has 0 nitrogen and oxygen atoms in total. The van der Waals surface area contributed by atoms with Crippen molar-refractivity contribution in [3.05, 3.63) is 116 Å². The molecule has 0 aliphatic carbocycles. The molecule has 0 spiro atoms. The molecule has 0 aliphatic rings. The fraction of sp³-hybridized carbons (Fsp3) is 0.0588. The Labute approximate surface area is 248 Å². The van der Waals surface area contributed by atoms with Crippen molar-refractivity contribution >= 4 is 97.6 Å². The molecule has 6 aromatic rings. The zero-order chi connectivity index (χ0) is 27.3. The lowest BCUT2D eigenvalue weighted by Gasteiger charge is -2.11. The summed E-state index contributed by atoms with van der Waals surface area (Å²) in [6.45, 7) is 4.32. The minimum absolute atomic E-state index is 0.675. The van der Waals surface area contributed by atoms with Crippen LogP contribution in [0, 0.1) is 22.9 Å². The number of halogens is 4. The Morgan fingerprint density at radius 1 is 0.436 bits per heavy atom. The van der Waals surface area contributed by atoms with Crippen molar-refractivity contribution in [3.8, 4) is 22.9 Å². The Hall–Kier alpha value is -3.14. The molecular formula is C34H20Cl4Si. The van der Waals surface area contributed by atoms with E-state index in [0.717, 1.165) is 54.2 Å². The van der Waals surface area contributed by atoms with Gasteiger partial charge in [0, 0.05) is 52.8 Å². The fourth-order valence-corrected chi connectivity index (χ4v) is 6.78. The summed E-state index contributed by atoms with van der Waals surface area (Å²) < 4.78 is 0. The summed E-state index contributed by atoms with van der Waals surface area (Å²) in [7, 11) is -2.33. The topological polar surface area (TPSA) is 0 Å². The molecule has 188 valence electrons. The first-order valence-corrected chi connectivity index (χ1v) is 16.9. The maximum absolute atomic E-state index is 6.58. The van der Waals surface area contributed by atoms with E-state index in [2.05, 4.69) is 60.3 Å². The molecule has 0 N–H and O–H groups in total. The lowest BCUT2D eigenvalue weighted by molar-refractivity contribution is 1.73. The van der Waals surface area contributed by atoms with Crippen molar-refractivity contribution in [1.82, 2.24) is 0 Å². The van der Waals surface area contributed by atoms with Gasteiger partial charge < -0.3 is 0 Å². The first-order valence-electron chi connectivity index (χ1n) is 12.4. The van der Waals surface area contributed by atoms with E-state index in [9.17, 15) is 0 Å². The number of fused-ring (bicyclic) bond motifs is 4. The molecule has 0 amide bonds. The summed E-state index contributed by atoms with van der Waals surface area (Å²) in [6.07, 6.45) is 0. The highest BCUT2D eigenvalue weighted by Crippen LogP contribution is 2.36. The van der Waals surface area contributed by atoms with Crippen molar-refractivity contribution in [2.24, 2.45) is 0 Å². The van der Waals surface area contributed by atoms with E-state index >= 15 is 0 Å². The van der Waals surface area contributed by atoms with Gasteiger partial charge in [0.1, 0.15) is 0 Å². The second-order valence-corrected chi connectivity index (χ2v) is 15.3. The van der Waals surface area contributed by atoms with Crippen LogP contribution in [0.2, 0.25) is 33.2 Å². The van der Waals surface area contributed by atoms with Crippen LogP contribution in [-0.2, 0) is 0 Å². The zero-order valence-corrected chi connectivity index (χ0v) is 25.1. The van der Waals surface area contributed by atoms with E-state index in [4.69, 9.17) is 46.4 Å². The van der Waals surface area contributed by atoms with Gasteiger partial charge in [0.2, 0.25) is 8.07 Å². The van der Waals surface area contributed by atoms with E-state index in [1.807, 2.05) is 60.7 Å². The van der Waals surface area contributed by atoms with Crippen LogP contribution in [0.5, 0.6) is 0 Å². The molecule has 0 heterocycles. The SMILES string of the molecule is C[Si](C)(C#Cc1c2cccc(Cl)c2cc2c(Cl)cccc12)C#Cc1c2cccc(Cl)c2cc2c(Cl)cccc12. The molecule has 0 bridgehead atoms. The van der Waals surface area contributed by atoms with Crippen molar-refractivity contribution in [2.75, 3.05) is 0 Å². The summed E-state index contributed by atoms with van der Waals surface area (Å²) in [5, 5.41) is 10.5. The van der Waals surface area contributed by atoms with Crippen LogP contribution in [-0.4, -0.2) is 8.07 Å². The number of hydrogen-bond acceptors (Lipinski definition) is 0.